The molecule has 0 spiro atoms. The Morgan fingerprint density at radius 2 is 0.545 bits per heavy atom. The Labute approximate surface area is 265 Å². The molecule has 0 aliphatic heterocycles. The number of thiophene rings is 2. The molecular formula is C42H34S2. The van der Waals surface area contributed by atoms with Crippen LogP contribution in [0.3, 0.4) is 0 Å². The Balaban J connectivity index is 1.25. The molecule has 0 saturated heterocycles. The van der Waals surface area contributed by atoms with E-state index in [1.807, 2.05) is 22.7 Å². The monoisotopic (exact) mass is 602 g/mol. The summed E-state index contributed by atoms with van der Waals surface area (Å²) in [7, 11) is 0. The Kier molecular flexibility index (Phi) is 5.86. The molecule has 9 rings (SSSR count). The molecule has 2 heterocycles. The van der Waals surface area contributed by atoms with Gasteiger partial charge in [0.05, 0.1) is 0 Å². The van der Waals surface area contributed by atoms with Gasteiger partial charge in [0.1, 0.15) is 0 Å². The largest absolute Gasteiger partial charge is 0.135 e. The number of fused-ring (bicyclic) bond motifs is 10. The standard InChI is InChI=1S/C42H34S2/c1-5-23-9-27-13-31-17-35-37-21-42-38(22-41(37)43-39(35)19-33(31)15-29(27)11-25(23)7-3)36-18-32-14-28-10-24(6-2)26(8-4)12-30(28)16-34(32)20-40(36)44-42/h9-22H,5-8H2,1-4H3. The van der Waals surface area contributed by atoms with Crippen LogP contribution in [0.2, 0.25) is 0 Å². The van der Waals surface area contributed by atoms with Crippen molar-refractivity contribution in [1.29, 1.82) is 0 Å². The minimum Gasteiger partial charge on any atom is -0.135 e. The summed E-state index contributed by atoms with van der Waals surface area (Å²) in [5.41, 5.74) is 5.91. The topological polar surface area (TPSA) is 0 Å². The molecule has 214 valence electrons. The van der Waals surface area contributed by atoms with E-state index in [2.05, 4.69) is 113 Å². The van der Waals surface area contributed by atoms with Gasteiger partial charge in [-0.05, 0) is 152 Å². The van der Waals surface area contributed by atoms with Crippen LogP contribution in [0.4, 0.5) is 0 Å². The fraction of sp³-hybridized carbons (Fsp3) is 0.190. The molecule has 9 aromatic rings. The van der Waals surface area contributed by atoms with Crippen LogP contribution in [0.1, 0.15) is 49.9 Å². The highest BCUT2D eigenvalue weighted by Gasteiger charge is 2.14. The van der Waals surface area contributed by atoms with Crippen molar-refractivity contribution in [2.24, 2.45) is 0 Å². The van der Waals surface area contributed by atoms with Crippen LogP contribution < -0.4 is 0 Å². The smallest absolute Gasteiger partial charge is 0.0362 e. The average molecular weight is 603 g/mol. The normalized spacial score (nSPS) is 12.5. The third-order valence-corrected chi connectivity index (χ3v) is 12.3. The second-order valence-electron chi connectivity index (χ2n) is 12.5. The van der Waals surface area contributed by atoms with Gasteiger partial charge >= 0.3 is 0 Å². The Bertz CT molecular complexity index is 2460. The number of hydrogen-bond acceptors (Lipinski definition) is 2. The van der Waals surface area contributed by atoms with Crippen LogP contribution in [-0.2, 0) is 25.7 Å². The highest BCUT2D eigenvalue weighted by molar-refractivity contribution is 7.27. The van der Waals surface area contributed by atoms with E-state index >= 15 is 0 Å². The van der Waals surface area contributed by atoms with Crippen LogP contribution in [0.25, 0.3) is 83.4 Å². The maximum absolute atomic E-state index is 2.46. The maximum Gasteiger partial charge on any atom is 0.0362 e. The van der Waals surface area contributed by atoms with Crippen LogP contribution in [-0.4, -0.2) is 0 Å². The number of rotatable bonds is 4. The maximum atomic E-state index is 2.46. The van der Waals surface area contributed by atoms with Gasteiger partial charge in [-0.25, -0.2) is 0 Å². The van der Waals surface area contributed by atoms with Gasteiger partial charge in [-0.15, -0.1) is 22.7 Å². The SMILES string of the molecule is CCc1cc2cc3cc4sc5cc6c(cc5c4cc3cc2cc1CC)sc1cc2cc3cc(CC)c(CC)cc3cc2cc16. The zero-order valence-corrected chi connectivity index (χ0v) is 27.4. The fourth-order valence-corrected chi connectivity index (χ4v) is 9.96. The molecule has 7 aromatic carbocycles. The van der Waals surface area contributed by atoms with Gasteiger partial charge in [0.25, 0.3) is 0 Å². The highest BCUT2D eigenvalue weighted by atomic mass is 32.1. The molecule has 44 heavy (non-hydrogen) atoms. The molecule has 0 amide bonds. The molecule has 0 fully saturated rings. The first-order valence-electron chi connectivity index (χ1n) is 16.1. The Morgan fingerprint density at radius 1 is 0.295 bits per heavy atom. The third kappa shape index (κ3) is 3.87. The van der Waals surface area contributed by atoms with E-state index < -0.39 is 0 Å². The summed E-state index contributed by atoms with van der Waals surface area (Å²) in [6, 6.07) is 34.0. The van der Waals surface area contributed by atoms with Crippen molar-refractivity contribution < 1.29 is 0 Å². The highest BCUT2D eigenvalue weighted by Crippen LogP contribution is 2.44. The van der Waals surface area contributed by atoms with Gasteiger partial charge in [-0.2, -0.15) is 0 Å². The first-order valence-corrected chi connectivity index (χ1v) is 17.8. The van der Waals surface area contributed by atoms with E-state index in [1.54, 1.807) is 0 Å². The van der Waals surface area contributed by atoms with Crippen LogP contribution in [0.5, 0.6) is 0 Å². The van der Waals surface area contributed by atoms with E-state index in [1.165, 1.54) is 106 Å². The molecule has 2 aromatic heterocycles. The molecule has 0 unspecified atom stereocenters. The molecule has 0 aliphatic rings. The summed E-state index contributed by atoms with van der Waals surface area (Å²) in [5, 5.41) is 16.3. The summed E-state index contributed by atoms with van der Waals surface area (Å²) >= 11 is 3.88. The van der Waals surface area contributed by atoms with Crippen molar-refractivity contribution in [2.75, 3.05) is 0 Å². The van der Waals surface area contributed by atoms with Gasteiger partial charge in [0, 0.05) is 40.3 Å². The van der Waals surface area contributed by atoms with E-state index in [9.17, 15) is 0 Å². The van der Waals surface area contributed by atoms with Gasteiger partial charge in [0.15, 0.2) is 0 Å². The summed E-state index contributed by atoms with van der Waals surface area (Å²) in [4.78, 5) is 0. The van der Waals surface area contributed by atoms with E-state index in [0.29, 0.717) is 0 Å². The second-order valence-corrected chi connectivity index (χ2v) is 14.7. The first-order chi connectivity index (χ1) is 21.5. The zero-order chi connectivity index (χ0) is 29.7. The minimum absolute atomic E-state index is 1.09. The molecule has 0 aliphatic carbocycles. The van der Waals surface area contributed by atoms with Crippen LogP contribution in [0, 0.1) is 0 Å². The zero-order valence-electron chi connectivity index (χ0n) is 25.7. The van der Waals surface area contributed by atoms with Crippen LogP contribution >= 0.6 is 22.7 Å². The quantitative estimate of drug-likeness (QED) is 0.176. The average Bonchev–Trinajstić information content (AvgIpc) is 3.57. The molecule has 0 radical (unpaired) electrons. The first kappa shape index (κ1) is 26.4. The summed E-state index contributed by atoms with van der Waals surface area (Å²) < 4.78 is 5.52. The fourth-order valence-electron chi connectivity index (χ4n) is 7.64. The molecular weight excluding hydrogens is 569 g/mol. The van der Waals surface area contributed by atoms with Crippen molar-refractivity contribution >= 4 is 106 Å². The Hall–Kier alpha value is -3.98. The number of hydrogen-bond donors (Lipinski definition) is 0. The Morgan fingerprint density at radius 3 is 0.864 bits per heavy atom. The van der Waals surface area contributed by atoms with Crippen molar-refractivity contribution in [3.63, 3.8) is 0 Å². The third-order valence-electron chi connectivity index (χ3n) is 10.1. The lowest BCUT2D eigenvalue weighted by Crippen LogP contribution is -1.91. The number of aryl methyl sites for hydroxylation is 4. The van der Waals surface area contributed by atoms with Gasteiger partial charge < -0.3 is 0 Å². The van der Waals surface area contributed by atoms with Gasteiger partial charge in [0.2, 0.25) is 0 Å². The lowest BCUT2D eigenvalue weighted by atomic mass is 9.95. The van der Waals surface area contributed by atoms with E-state index in [0.717, 1.165) is 25.7 Å². The van der Waals surface area contributed by atoms with Crippen molar-refractivity contribution in [3.8, 4) is 0 Å². The predicted octanol–water partition coefficient (Wildman–Crippen LogP) is 13.3. The summed E-state index contributed by atoms with van der Waals surface area (Å²) in [6.07, 6.45) is 4.35. The minimum atomic E-state index is 1.09. The second kappa shape index (κ2) is 9.76. The lowest BCUT2D eigenvalue weighted by Gasteiger charge is -2.10. The number of benzene rings is 7. The van der Waals surface area contributed by atoms with Gasteiger partial charge in [-0.3, -0.25) is 0 Å². The van der Waals surface area contributed by atoms with E-state index in [4.69, 9.17) is 0 Å². The van der Waals surface area contributed by atoms with Crippen molar-refractivity contribution in [2.45, 2.75) is 53.4 Å². The summed E-state index contributed by atoms with van der Waals surface area (Å²) in [6.45, 7) is 9.08. The molecule has 0 atom stereocenters. The lowest BCUT2D eigenvalue weighted by molar-refractivity contribution is 1.04. The molecule has 2 heteroatoms. The molecule has 0 N–H and O–H groups in total. The van der Waals surface area contributed by atoms with Crippen molar-refractivity contribution in [3.05, 3.63) is 107 Å². The van der Waals surface area contributed by atoms with Crippen LogP contribution in [0.15, 0.2) is 84.9 Å². The molecule has 0 nitrogen and oxygen atoms in total. The van der Waals surface area contributed by atoms with Gasteiger partial charge in [-0.1, -0.05) is 52.0 Å². The molecule has 0 saturated carbocycles. The van der Waals surface area contributed by atoms with Crippen molar-refractivity contribution in [1.82, 2.24) is 0 Å². The van der Waals surface area contributed by atoms with E-state index in [-0.39, 0.29) is 0 Å². The predicted molar refractivity (Wildman–Crippen MR) is 200 cm³/mol. The summed E-state index contributed by atoms with van der Waals surface area (Å²) in [5.74, 6) is 0. The molecule has 0 bridgehead atoms.